The van der Waals surface area contributed by atoms with Crippen molar-refractivity contribution in [3.63, 3.8) is 0 Å². The van der Waals surface area contributed by atoms with Crippen molar-refractivity contribution in [1.29, 1.82) is 0 Å². The van der Waals surface area contributed by atoms with Crippen LogP contribution in [0.3, 0.4) is 0 Å². The molecule has 3 heteroatoms. The van der Waals surface area contributed by atoms with Crippen LogP contribution in [0.2, 0.25) is 0 Å². The molecule has 1 aromatic carbocycles. The minimum atomic E-state index is -0.0624. The van der Waals surface area contributed by atoms with Crippen LogP contribution >= 0.6 is 0 Å². The summed E-state index contributed by atoms with van der Waals surface area (Å²) in [5.41, 5.74) is 7.34. The van der Waals surface area contributed by atoms with Crippen LogP contribution in [0.15, 0.2) is 53.9 Å². The third-order valence-corrected chi connectivity index (χ3v) is 2.20. The van der Waals surface area contributed by atoms with Crippen LogP contribution in [0.5, 0.6) is 0 Å². The Labute approximate surface area is 87.9 Å². The molecule has 0 aliphatic carbocycles. The number of rotatable bonds is 2. The summed E-state index contributed by atoms with van der Waals surface area (Å²) in [5, 5.41) is 0. The van der Waals surface area contributed by atoms with E-state index in [4.69, 9.17) is 10.5 Å². The zero-order valence-electron chi connectivity index (χ0n) is 8.14. The normalized spacial score (nSPS) is 14.9. The molecule has 0 radical (unpaired) electrons. The molecule has 0 saturated heterocycles. The Balaban J connectivity index is 2.33. The van der Waals surface area contributed by atoms with E-state index in [1.165, 1.54) is 6.26 Å². The van der Waals surface area contributed by atoms with Gasteiger partial charge in [-0.2, -0.15) is 0 Å². The maximum atomic E-state index is 12.0. The highest BCUT2D eigenvalue weighted by Crippen LogP contribution is 2.14. The van der Waals surface area contributed by atoms with Gasteiger partial charge in [0.2, 0.25) is 0 Å². The Morgan fingerprint density at radius 1 is 1.27 bits per heavy atom. The first-order chi connectivity index (χ1) is 7.29. The van der Waals surface area contributed by atoms with Gasteiger partial charge in [-0.05, 0) is 6.08 Å². The summed E-state index contributed by atoms with van der Waals surface area (Å²) in [6.07, 6.45) is 3.10. The molecule has 2 rings (SSSR count). The van der Waals surface area contributed by atoms with Gasteiger partial charge in [0.1, 0.15) is 6.61 Å². The van der Waals surface area contributed by atoms with E-state index < -0.39 is 0 Å². The lowest BCUT2D eigenvalue weighted by Gasteiger charge is -2.11. The zero-order valence-corrected chi connectivity index (χ0v) is 8.14. The van der Waals surface area contributed by atoms with Crippen LogP contribution in [0.25, 0.3) is 0 Å². The second-order valence-corrected chi connectivity index (χ2v) is 3.25. The van der Waals surface area contributed by atoms with E-state index in [9.17, 15) is 4.79 Å². The topological polar surface area (TPSA) is 52.3 Å². The molecule has 0 unspecified atom stereocenters. The number of ether oxygens (including phenoxy) is 1. The molecule has 1 aliphatic rings. The molecule has 1 aliphatic heterocycles. The molecule has 0 saturated carbocycles. The van der Waals surface area contributed by atoms with Gasteiger partial charge in [0.25, 0.3) is 0 Å². The Morgan fingerprint density at radius 2 is 2.00 bits per heavy atom. The lowest BCUT2D eigenvalue weighted by atomic mass is 10.0. The summed E-state index contributed by atoms with van der Waals surface area (Å²) < 4.78 is 4.98. The highest BCUT2D eigenvalue weighted by molar-refractivity contribution is 6.11. The fraction of sp³-hybridized carbons (Fsp3) is 0.0833. The Kier molecular flexibility index (Phi) is 2.54. The summed E-state index contributed by atoms with van der Waals surface area (Å²) in [4.78, 5) is 12.0. The molecule has 3 nitrogen and oxygen atoms in total. The van der Waals surface area contributed by atoms with E-state index >= 15 is 0 Å². The van der Waals surface area contributed by atoms with Crippen LogP contribution in [-0.2, 0) is 4.74 Å². The molecule has 0 bridgehead atoms. The van der Waals surface area contributed by atoms with Gasteiger partial charge in [-0.15, -0.1) is 0 Å². The maximum absolute atomic E-state index is 12.0. The minimum Gasteiger partial charge on any atom is -0.495 e. The number of nitrogens with two attached hydrogens (primary N) is 1. The van der Waals surface area contributed by atoms with E-state index in [1.54, 1.807) is 18.2 Å². The highest BCUT2D eigenvalue weighted by Gasteiger charge is 2.15. The van der Waals surface area contributed by atoms with Gasteiger partial charge in [0.15, 0.2) is 5.78 Å². The first kappa shape index (κ1) is 9.52. The highest BCUT2D eigenvalue weighted by atomic mass is 16.5. The van der Waals surface area contributed by atoms with Gasteiger partial charge < -0.3 is 10.5 Å². The Bertz CT molecular complexity index is 432. The van der Waals surface area contributed by atoms with E-state index in [2.05, 4.69) is 0 Å². The van der Waals surface area contributed by atoms with Crippen LogP contribution in [0.1, 0.15) is 10.4 Å². The fourth-order valence-corrected chi connectivity index (χ4v) is 1.41. The molecule has 0 spiro atoms. The Hall–Kier alpha value is -2.03. The van der Waals surface area contributed by atoms with Crippen molar-refractivity contribution in [2.24, 2.45) is 5.73 Å². The predicted molar refractivity (Wildman–Crippen MR) is 57.1 cm³/mol. The smallest absolute Gasteiger partial charge is 0.195 e. The number of allylic oxidation sites excluding steroid dienone is 2. The fourth-order valence-electron chi connectivity index (χ4n) is 1.41. The van der Waals surface area contributed by atoms with E-state index in [0.717, 1.165) is 0 Å². The molecule has 1 aromatic rings. The van der Waals surface area contributed by atoms with Crippen molar-refractivity contribution in [3.05, 3.63) is 59.5 Å². The standard InChI is InChI=1S/C12H11NO2/c13-11-8-15-7-6-10(11)12(14)9-4-2-1-3-5-9/h1-7H,8,13H2. The summed E-state index contributed by atoms with van der Waals surface area (Å²) in [5.74, 6) is -0.0624. The zero-order chi connectivity index (χ0) is 10.7. The van der Waals surface area contributed by atoms with E-state index in [0.29, 0.717) is 16.8 Å². The van der Waals surface area contributed by atoms with Gasteiger partial charge in [-0.1, -0.05) is 30.3 Å². The monoisotopic (exact) mass is 201 g/mol. The van der Waals surface area contributed by atoms with Crippen LogP contribution in [0.4, 0.5) is 0 Å². The van der Waals surface area contributed by atoms with Crippen molar-refractivity contribution >= 4 is 5.78 Å². The lowest BCUT2D eigenvalue weighted by molar-refractivity contribution is 0.103. The minimum absolute atomic E-state index is 0.0624. The number of carbonyl (C=O) groups is 1. The van der Waals surface area contributed by atoms with Gasteiger partial charge in [-0.25, -0.2) is 0 Å². The van der Waals surface area contributed by atoms with Gasteiger partial charge >= 0.3 is 0 Å². The third kappa shape index (κ3) is 1.91. The van der Waals surface area contributed by atoms with Crippen LogP contribution in [-0.4, -0.2) is 12.4 Å². The first-order valence-corrected chi connectivity index (χ1v) is 4.65. The number of hydrogen-bond acceptors (Lipinski definition) is 3. The molecule has 76 valence electrons. The number of hydrogen-bond donors (Lipinski definition) is 1. The Morgan fingerprint density at radius 3 is 2.67 bits per heavy atom. The number of ketones is 1. The predicted octanol–water partition coefficient (Wildman–Crippen LogP) is 1.63. The van der Waals surface area contributed by atoms with E-state index in [1.807, 2.05) is 18.2 Å². The molecule has 1 heterocycles. The molecule has 0 fully saturated rings. The molecule has 0 aromatic heterocycles. The summed E-state index contributed by atoms with van der Waals surface area (Å²) in [6.45, 7) is 0.282. The summed E-state index contributed by atoms with van der Waals surface area (Å²) in [7, 11) is 0. The molecule has 0 amide bonds. The molecule has 2 N–H and O–H groups in total. The SMILES string of the molecule is NC1=C(C(=O)c2ccccc2)C=COC1. The summed E-state index contributed by atoms with van der Waals surface area (Å²) in [6, 6.07) is 9.06. The second-order valence-electron chi connectivity index (χ2n) is 3.25. The van der Waals surface area contributed by atoms with Crippen molar-refractivity contribution in [1.82, 2.24) is 0 Å². The number of carbonyl (C=O) groups excluding carboxylic acids is 1. The quantitative estimate of drug-likeness (QED) is 0.740. The largest absolute Gasteiger partial charge is 0.495 e. The second kappa shape index (κ2) is 4.00. The van der Waals surface area contributed by atoms with E-state index in [-0.39, 0.29) is 12.4 Å². The first-order valence-electron chi connectivity index (χ1n) is 4.65. The van der Waals surface area contributed by atoms with Crippen molar-refractivity contribution in [3.8, 4) is 0 Å². The van der Waals surface area contributed by atoms with Crippen LogP contribution < -0.4 is 5.73 Å². The molecular formula is C12H11NO2. The number of benzene rings is 1. The molecule has 15 heavy (non-hydrogen) atoms. The number of Topliss-reactive ketones (excluding diaryl/α,β-unsaturated/α-hetero) is 1. The van der Waals surface area contributed by atoms with Crippen LogP contribution in [0, 0.1) is 0 Å². The molecule has 0 atom stereocenters. The third-order valence-electron chi connectivity index (χ3n) is 2.20. The van der Waals surface area contributed by atoms with Crippen molar-refractivity contribution in [2.75, 3.05) is 6.61 Å². The van der Waals surface area contributed by atoms with Crippen molar-refractivity contribution in [2.45, 2.75) is 0 Å². The van der Waals surface area contributed by atoms with Gasteiger partial charge in [-0.3, -0.25) is 4.79 Å². The molecular weight excluding hydrogens is 190 g/mol. The van der Waals surface area contributed by atoms with Gasteiger partial charge in [0, 0.05) is 11.1 Å². The average molecular weight is 201 g/mol. The van der Waals surface area contributed by atoms with Crippen molar-refractivity contribution < 1.29 is 9.53 Å². The lowest BCUT2D eigenvalue weighted by Crippen LogP contribution is -2.16. The average Bonchev–Trinajstić information content (AvgIpc) is 2.30. The summed E-state index contributed by atoms with van der Waals surface area (Å²) >= 11 is 0. The maximum Gasteiger partial charge on any atom is 0.195 e. The van der Waals surface area contributed by atoms with Gasteiger partial charge in [0.05, 0.1) is 12.0 Å².